The molecule has 0 spiro atoms. The summed E-state index contributed by atoms with van der Waals surface area (Å²) >= 11 is 3.45. The normalized spacial score (nSPS) is 21.2. The van der Waals surface area contributed by atoms with Crippen LogP contribution < -0.4 is 10.1 Å². The number of carbonyl (C=O) groups is 1. The third kappa shape index (κ3) is 3.44. The number of nitrogens with one attached hydrogen (secondary N) is 1. The maximum Gasteiger partial charge on any atom is 0.264 e. The second kappa shape index (κ2) is 7.07. The number of hydrogen-bond donors (Lipinski definition) is 1. The molecule has 2 aromatic carbocycles. The first-order valence-electron chi connectivity index (χ1n) is 8.31. The molecule has 26 heavy (non-hydrogen) atoms. The summed E-state index contributed by atoms with van der Waals surface area (Å²) in [4.78, 5) is 17.9. The number of oxime groups is 1. The zero-order valence-electron chi connectivity index (χ0n) is 13.7. The fourth-order valence-electron chi connectivity index (χ4n) is 3.14. The summed E-state index contributed by atoms with van der Waals surface area (Å²) in [6.07, 6.45) is 0.273. The van der Waals surface area contributed by atoms with Crippen LogP contribution in [0, 0.1) is 5.82 Å². The van der Waals surface area contributed by atoms with E-state index >= 15 is 0 Å². The first-order valence-corrected chi connectivity index (χ1v) is 9.11. The summed E-state index contributed by atoms with van der Waals surface area (Å²) in [6, 6.07) is 11.7. The Morgan fingerprint density at radius 2 is 2.15 bits per heavy atom. The van der Waals surface area contributed by atoms with Crippen LogP contribution in [0.15, 0.2) is 52.1 Å². The van der Waals surface area contributed by atoms with Crippen LogP contribution in [0.1, 0.15) is 30.0 Å². The van der Waals surface area contributed by atoms with Crippen molar-refractivity contribution in [3.63, 3.8) is 0 Å². The zero-order valence-corrected chi connectivity index (χ0v) is 15.3. The van der Waals surface area contributed by atoms with Crippen LogP contribution >= 0.6 is 15.9 Å². The van der Waals surface area contributed by atoms with E-state index in [4.69, 9.17) is 9.57 Å². The van der Waals surface area contributed by atoms with E-state index in [1.54, 1.807) is 12.1 Å². The Labute approximate surface area is 158 Å². The summed E-state index contributed by atoms with van der Waals surface area (Å²) in [6.45, 7) is 0.538. The summed E-state index contributed by atoms with van der Waals surface area (Å²) in [5, 5.41) is 6.97. The van der Waals surface area contributed by atoms with Gasteiger partial charge in [0, 0.05) is 28.4 Å². The van der Waals surface area contributed by atoms with E-state index in [1.807, 2.05) is 18.2 Å². The van der Waals surface area contributed by atoms with Crippen molar-refractivity contribution in [2.24, 2.45) is 5.16 Å². The number of ether oxygens (including phenoxy) is 1. The molecule has 2 aliphatic rings. The van der Waals surface area contributed by atoms with Crippen LogP contribution in [-0.2, 0) is 9.63 Å². The molecule has 7 heteroatoms. The molecular weight excluding hydrogens is 403 g/mol. The van der Waals surface area contributed by atoms with Crippen LogP contribution in [-0.4, -0.2) is 24.3 Å². The molecule has 134 valence electrons. The van der Waals surface area contributed by atoms with Gasteiger partial charge in [0.2, 0.25) is 6.10 Å². The molecule has 0 aliphatic carbocycles. The fourth-order valence-corrected chi connectivity index (χ4v) is 3.52. The number of rotatable bonds is 3. The number of hydrogen-bond acceptors (Lipinski definition) is 4. The Kier molecular flexibility index (Phi) is 4.63. The molecule has 1 N–H and O–H groups in total. The minimum absolute atomic E-state index is 0.148. The van der Waals surface area contributed by atoms with Gasteiger partial charge in [-0.2, -0.15) is 0 Å². The number of amides is 1. The quantitative estimate of drug-likeness (QED) is 0.825. The lowest BCUT2D eigenvalue weighted by atomic mass is 9.99. The Morgan fingerprint density at radius 1 is 1.27 bits per heavy atom. The van der Waals surface area contributed by atoms with Crippen LogP contribution in [0.5, 0.6) is 5.75 Å². The van der Waals surface area contributed by atoms with E-state index in [2.05, 4.69) is 26.4 Å². The average molecular weight is 419 g/mol. The highest BCUT2D eigenvalue weighted by atomic mass is 79.9. The van der Waals surface area contributed by atoms with Gasteiger partial charge in [-0.15, -0.1) is 0 Å². The van der Waals surface area contributed by atoms with E-state index in [0.29, 0.717) is 30.7 Å². The number of nitrogens with zero attached hydrogens (tertiary/aromatic N) is 1. The number of fused-ring (bicyclic) bond motifs is 1. The number of benzene rings is 2. The van der Waals surface area contributed by atoms with Crippen LogP contribution in [0.3, 0.4) is 0 Å². The Morgan fingerprint density at radius 3 is 3.00 bits per heavy atom. The lowest BCUT2D eigenvalue weighted by molar-refractivity contribution is -0.132. The van der Waals surface area contributed by atoms with E-state index in [-0.39, 0.29) is 17.8 Å². The second-order valence-corrected chi connectivity index (χ2v) is 7.14. The Balaban J connectivity index is 1.44. The van der Waals surface area contributed by atoms with Gasteiger partial charge in [0.25, 0.3) is 5.91 Å². The second-order valence-electron chi connectivity index (χ2n) is 6.23. The lowest BCUT2D eigenvalue weighted by Gasteiger charge is -2.27. The molecule has 2 aromatic rings. The van der Waals surface area contributed by atoms with E-state index in [0.717, 1.165) is 15.8 Å². The minimum Gasteiger partial charge on any atom is -0.493 e. The predicted octanol–water partition coefficient (Wildman–Crippen LogP) is 3.72. The number of carbonyl (C=O) groups excluding carboxylic acids is 1. The monoisotopic (exact) mass is 418 g/mol. The van der Waals surface area contributed by atoms with Crippen molar-refractivity contribution in [3.05, 3.63) is 63.9 Å². The first-order chi connectivity index (χ1) is 12.6. The van der Waals surface area contributed by atoms with Gasteiger partial charge in [0.05, 0.1) is 18.4 Å². The molecule has 2 atom stereocenters. The van der Waals surface area contributed by atoms with Crippen molar-refractivity contribution in [1.82, 2.24) is 5.32 Å². The van der Waals surface area contributed by atoms with Crippen molar-refractivity contribution < 1.29 is 18.8 Å². The Hall–Kier alpha value is -2.41. The van der Waals surface area contributed by atoms with E-state index < -0.39 is 6.10 Å². The molecule has 2 unspecified atom stereocenters. The standard InChI is InChI=1S/C19H16BrFN2O3/c20-12-4-5-17-14(9-12)15(6-7-25-17)22-19(24)18-10-16(23-26-18)11-2-1-3-13(21)8-11/h1-5,8-9,15,18H,6-7,10H2,(H,22,24). The van der Waals surface area contributed by atoms with Gasteiger partial charge in [-0.3, -0.25) is 4.79 Å². The van der Waals surface area contributed by atoms with Gasteiger partial charge < -0.3 is 14.9 Å². The Bertz CT molecular complexity index is 887. The number of halogens is 2. The molecule has 0 bridgehead atoms. The van der Waals surface area contributed by atoms with Crippen LogP contribution in [0.4, 0.5) is 4.39 Å². The molecule has 1 amide bonds. The first kappa shape index (κ1) is 17.0. The zero-order chi connectivity index (χ0) is 18.1. The van der Waals surface area contributed by atoms with E-state index in [9.17, 15) is 9.18 Å². The largest absolute Gasteiger partial charge is 0.493 e. The molecule has 2 heterocycles. The van der Waals surface area contributed by atoms with E-state index in [1.165, 1.54) is 12.1 Å². The minimum atomic E-state index is -0.716. The van der Waals surface area contributed by atoms with Gasteiger partial charge in [-0.05, 0) is 30.3 Å². The molecule has 2 aliphatic heterocycles. The summed E-state index contributed by atoms with van der Waals surface area (Å²) < 4.78 is 19.9. The molecule has 4 rings (SSSR count). The van der Waals surface area contributed by atoms with Crippen LogP contribution in [0.2, 0.25) is 0 Å². The lowest BCUT2D eigenvalue weighted by Crippen LogP contribution is -2.39. The molecule has 0 fully saturated rings. The predicted molar refractivity (Wildman–Crippen MR) is 97.6 cm³/mol. The van der Waals surface area contributed by atoms with Gasteiger partial charge in [0.15, 0.2) is 0 Å². The molecule has 0 aromatic heterocycles. The van der Waals surface area contributed by atoms with Crippen molar-refractivity contribution in [2.45, 2.75) is 25.0 Å². The molecule has 0 saturated heterocycles. The molecule has 0 saturated carbocycles. The summed E-state index contributed by atoms with van der Waals surface area (Å²) in [7, 11) is 0. The van der Waals surface area contributed by atoms with Crippen molar-refractivity contribution in [2.75, 3.05) is 6.61 Å². The highest BCUT2D eigenvalue weighted by Gasteiger charge is 2.32. The van der Waals surface area contributed by atoms with Crippen molar-refractivity contribution >= 4 is 27.5 Å². The maximum atomic E-state index is 13.4. The molecule has 0 radical (unpaired) electrons. The summed E-state index contributed by atoms with van der Waals surface area (Å²) in [5.41, 5.74) is 2.13. The third-order valence-electron chi connectivity index (χ3n) is 4.45. The van der Waals surface area contributed by atoms with Crippen molar-refractivity contribution in [1.29, 1.82) is 0 Å². The van der Waals surface area contributed by atoms with Crippen LogP contribution in [0.25, 0.3) is 0 Å². The fraction of sp³-hybridized carbons (Fsp3) is 0.263. The third-order valence-corrected chi connectivity index (χ3v) is 4.94. The smallest absolute Gasteiger partial charge is 0.264 e. The van der Waals surface area contributed by atoms with Gasteiger partial charge >= 0.3 is 0 Å². The SMILES string of the molecule is O=C(NC1CCOc2ccc(Br)cc21)C1CC(c2cccc(F)c2)=NO1. The summed E-state index contributed by atoms with van der Waals surface area (Å²) in [5.74, 6) is 0.189. The van der Waals surface area contributed by atoms with Gasteiger partial charge in [0.1, 0.15) is 11.6 Å². The average Bonchev–Trinajstić information content (AvgIpc) is 3.12. The van der Waals surface area contributed by atoms with Gasteiger partial charge in [-0.1, -0.05) is 33.2 Å². The highest BCUT2D eigenvalue weighted by molar-refractivity contribution is 9.10. The molecule has 5 nitrogen and oxygen atoms in total. The van der Waals surface area contributed by atoms with Crippen molar-refractivity contribution in [3.8, 4) is 5.75 Å². The maximum absolute atomic E-state index is 13.4. The highest BCUT2D eigenvalue weighted by Crippen LogP contribution is 2.34. The topological polar surface area (TPSA) is 59.9 Å². The molecular formula is C19H16BrFN2O3. The van der Waals surface area contributed by atoms with Gasteiger partial charge in [-0.25, -0.2) is 4.39 Å².